The third kappa shape index (κ3) is 4.52. The minimum atomic E-state index is -0.807. The Kier molecular flexibility index (Phi) is 6.38. The molecule has 0 aliphatic heterocycles. The number of nitriles is 1. The summed E-state index contributed by atoms with van der Waals surface area (Å²) in [4.78, 5) is 4.45. The van der Waals surface area contributed by atoms with Gasteiger partial charge in [0.1, 0.15) is 29.1 Å². The Morgan fingerprint density at radius 1 is 0.944 bits per heavy atom. The average molecular weight is 522 g/mol. The van der Waals surface area contributed by atoms with Gasteiger partial charge in [0.2, 0.25) is 0 Å². The Morgan fingerprint density at radius 2 is 1.69 bits per heavy atom. The van der Waals surface area contributed by atoms with E-state index in [0.717, 1.165) is 17.7 Å². The molecule has 178 valence electrons. The summed E-state index contributed by atoms with van der Waals surface area (Å²) in [6.07, 6.45) is 2.91. The molecule has 0 fully saturated rings. The number of para-hydroxylation sites is 1. The summed E-state index contributed by atoms with van der Waals surface area (Å²) in [7, 11) is 0. The second kappa shape index (κ2) is 9.77. The maximum atomic E-state index is 14.4. The molecule has 2 heterocycles. The van der Waals surface area contributed by atoms with Crippen molar-refractivity contribution in [2.45, 2.75) is 6.04 Å². The highest BCUT2D eigenvalue weighted by molar-refractivity contribution is 6.32. The normalized spacial score (nSPS) is 11.8. The van der Waals surface area contributed by atoms with Gasteiger partial charge in [-0.1, -0.05) is 41.4 Å². The van der Waals surface area contributed by atoms with E-state index in [0.29, 0.717) is 32.3 Å². The second-order valence-electron chi connectivity index (χ2n) is 7.75. The van der Waals surface area contributed by atoms with Crippen molar-refractivity contribution in [1.82, 2.24) is 20.4 Å². The minimum Gasteiger partial charge on any atom is -0.371 e. The molecule has 1 atom stereocenters. The molecule has 2 aromatic heterocycles. The van der Waals surface area contributed by atoms with Gasteiger partial charge in [0, 0.05) is 21.6 Å². The predicted molar refractivity (Wildman–Crippen MR) is 134 cm³/mol. The largest absolute Gasteiger partial charge is 0.371 e. The number of nitrogens with one attached hydrogen (secondary N) is 3. The van der Waals surface area contributed by atoms with E-state index in [2.05, 4.69) is 31.0 Å². The third-order valence-corrected chi connectivity index (χ3v) is 5.97. The molecule has 0 saturated heterocycles. The minimum absolute atomic E-state index is 0.0872. The van der Waals surface area contributed by atoms with Crippen molar-refractivity contribution >= 4 is 51.2 Å². The van der Waals surface area contributed by atoms with Crippen LogP contribution in [0.25, 0.3) is 10.9 Å². The van der Waals surface area contributed by atoms with E-state index in [4.69, 9.17) is 23.2 Å². The molecule has 36 heavy (non-hydrogen) atoms. The predicted octanol–water partition coefficient (Wildman–Crippen LogP) is 6.75. The molecule has 5 rings (SSSR count). The highest BCUT2D eigenvalue weighted by Gasteiger charge is 2.21. The number of pyridine rings is 1. The van der Waals surface area contributed by atoms with Crippen molar-refractivity contribution < 1.29 is 8.78 Å². The number of hydrogen-bond donors (Lipinski definition) is 3. The van der Waals surface area contributed by atoms with Crippen molar-refractivity contribution in [3.8, 4) is 6.07 Å². The van der Waals surface area contributed by atoms with Crippen LogP contribution in [0.4, 0.5) is 25.8 Å². The molecule has 0 amide bonds. The molecule has 0 saturated carbocycles. The van der Waals surface area contributed by atoms with Gasteiger partial charge >= 0.3 is 0 Å². The van der Waals surface area contributed by atoms with Crippen molar-refractivity contribution in [2.24, 2.45) is 0 Å². The molecule has 11 heteroatoms. The Balaban J connectivity index is 1.66. The van der Waals surface area contributed by atoms with Crippen molar-refractivity contribution in [3.63, 3.8) is 0 Å². The molecule has 0 aliphatic rings. The first-order chi connectivity index (χ1) is 17.4. The summed E-state index contributed by atoms with van der Waals surface area (Å²) < 4.78 is 28.8. The number of hydrogen-bond acceptors (Lipinski definition) is 6. The lowest BCUT2D eigenvalue weighted by atomic mass is 10.0. The fraction of sp³-hybridized carbons (Fsp3) is 0.0400. The summed E-state index contributed by atoms with van der Waals surface area (Å²) in [6.45, 7) is 0. The van der Waals surface area contributed by atoms with E-state index in [9.17, 15) is 14.0 Å². The van der Waals surface area contributed by atoms with Crippen LogP contribution in [-0.2, 0) is 0 Å². The molecule has 0 bridgehead atoms. The van der Waals surface area contributed by atoms with E-state index < -0.39 is 23.4 Å². The molecule has 0 spiro atoms. The highest BCUT2D eigenvalue weighted by atomic mass is 35.5. The van der Waals surface area contributed by atoms with Gasteiger partial charge < -0.3 is 10.6 Å². The van der Waals surface area contributed by atoms with Crippen LogP contribution in [0.15, 0.2) is 67.0 Å². The molecular formula is C25H15Cl2F2N7. The van der Waals surface area contributed by atoms with Crippen molar-refractivity contribution in [1.29, 1.82) is 5.26 Å². The molecule has 5 aromatic rings. The van der Waals surface area contributed by atoms with Gasteiger partial charge in [0.05, 0.1) is 34.7 Å². The Hall–Kier alpha value is -4.26. The van der Waals surface area contributed by atoms with Gasteiger partial charge in [-0.05, 0) is 42.0 Å². The number of aromatic nitrogens is 4. The lowest BCUT2D eigenvalue weighted by molar-refractivity contribution is 0.591. The molecule has 0 radical (unpaired) electrons. The molecule has 0 unspecified atom stereocenters. The Labute approximate surface area is 213 Å². The molecule has 3 aromatic carbocycles. The number of benzene rings is 3. The number of H-pyrrole nitrogens is 1. The fourth-order valence-corrected chi connectivity index (χ4v) is 4.17. The van der Waals surface area contributed by atoms with Crippen LogP contribution in [-0.4, -0.2) is 20.4 Å². The summed E-state index contributed by atoms with van der Waals surface area (Å²) in [5, 5.41) is 27.8. The van der Waals surface area contributed by atoms with E-state index in [1.807, 2.05) is 18.2 Å². The van der Waals surface area contributed by atoms with Gasteiger partial charge in [-0.25, -0.2) is 8.78 Å². The summed E-state index contributed by atoms with van der Waals surface area (Å²) >= 11 is 12.5. The number of halogens is 4. The van der Waals surface area contributed by atoms with E-state index in [1.165, 1.54) is 12.3 Å². The van der Waals surface area contributed by atoms with Crippen LogP contribution in [0.2, 0.25) is 10.0 Å². The zero-order chi connectivity index (χ0) is 25.2. The lowest BCUT2D eigenvalue weighted by Gasteiger charge is -2.21. The van der Waals surface area contributed by atoms with Crippen molar-refractivity contribution in [2.75, 3.05) is 10.6 Å². The van der Waals surface area contributed by atoms with Gasteiger partial charge in [0.25, 0.3) is 0 Å². The molecule has 0 aliphatic carbocycles. The zero-order valence-corrected chi connectivity index (χ0v) is 19.7. The molecule has 3 N–H and O–H groups in total. The summed E-state index contributed by atoms with van der Waals surface area (Å²) in [5.74, 6) is -1.61. The smallest absolute Gasteiger partial charge is 0.149 e. The van der Waals surface area contributed by atoms with Gasteiger partial charge in [-0.3, -0.25) is 4.98 Å². The van der Waals surface area contributed by atoms with Crippen LogP contribution in [0.3, 0.4) is 0 Å². The number of aromatic amines is 1. The van der Waals surface area contributed by atoms with E-state index >= 15 is 0 Å². The Morgan fingerprint density at radius 3 is 2.36 bits per heavy atom. The Bertz CT molecular complexity index is 1580. The SMILES string of the molecule is N#Cc1cnc2c(N[C@@H](c3ccc(Cl)cc3)c3cn[nH]n3)cc(Cl)cc2c1Nc1c(F)cccc1F. The third-order valence-electron chi connectivity index (χ3n) is 5.50. The van der Waals surface area contributed by atoms with Crippen LogP contribution >= 0.6 is 23.2 Å². The second-order valence-corrected chi connectivity index (χ2v) is 8.63. The fourth-order valence-electron chi connectivity index (χ4n) is 3.83. The summed E-state index contributed by atoms with van der Waals surface area (Å²) in [6, 6.07) is 15.5. The van der Waals surface area contributed by atoms with Gasteiger partial charge in [0.15, 0.2) is 0 Å². The average Bonchev–Trinajstić information content (AvgIpc) is 3.40. The monoisotopic (exact) mass is 521 g/mol. The van der Waals surface area contributed by atoms with Crippen LogP contribution in [0.1, 0.15) is 22.9 Å². The first-order valence-corrected chi connectivity index (χ1v) is 11.3. The zero-order valence-electron chi connectivity index (χ0n) is 18.2. The van der Waals surface area contributed by atoms with E-state index in [-0.39, 0.29) is 11.3 Å². The maximum Gasteiger partial charge on any atom is 0.149 e. The van der Waals surface area contributed by atoms with Crippen molar-refractivity contribution in [3.05, 3.63) is 105 Å². The quantitative estimate of drug-likeness (QED) is 0.228. The van der Waals surface area contributed by atoms with Gasteiger partial charge in [-0.15, -0.1) is 0 Å². The number of rotatable bonds is 6. The number of nitrogens with zero attached hydrogens (tertiary/aromatic N) is 4. The van der Waals surface area contributed by atoms with E-state index in [1.54, 1.807) is 30.5 Å². The first-order valence-electron chi connectivity index (χ1n) is 10.6. The van der Waals surface area contributed by atoms with Gasteiger partial charge in [-0.2, -0.15) is 20.7 Å². The van der Waals surface area contributed by atoms with Crippen LogP contribution in [0, 0.1) is 23.0 Å². The number of anilines is 3. The number of fused-ring (bicyclic) bond motifs is 1. The standard InChI is InChI=1S/C25H15Cl2F2N7/c26-15-6-4-13(5-7-15)23(21-12-32-36-35-21)33-20-9-16(27)8-17-22(14(10-30)11-31-24(17)20)34-25-18(28)2-1-3-19(25)29/h1-9,11-12,23,33H,(H,31,34)(H,32,35,36)/t23-/m0/s1. The highest BCUT2D eigenvalue weighted by Crippen LogP contribution is 2.38. The molecular weight excluding hydrogens is 507 g/mol. The topological polar surface area (TPSA) is 102 Å². The van der Waals surface area contributed by atoms with Crippen LogP contribution in [0.5, 0.6) is 0 Å². The van der Waals surface area contributed by atoms with Crippen LogP contribution < -0.4 is 10.6 Å². The summed E-state index contributed by atoms with van der Waals surface area (Å²) in [5.41, 5.74) is 2.21. The molecule has 7 nitrogen and oxygen atoms in total. The first kappa shape index (κ1) is 23.5. The maximum absolute atomic E-state index is 14.4. The lowest BCUT2D eigenvalue weighted by Crippen LogP contribution is -2.14.